The highest BCUT2D eigenvalue weighted by atomic mass is 16.5. The molecule has 0 unspecified atom stereocenters. The summed E-state index contributed by atoms with van der Waals surface area (Å²) in [6.07, 6.45) is 0. The van der Waals surface area contributed by atoms with Crippen molar-refractivity contribution in [1.29, 1.82) is 0 Å². The predicted molar refractivity (Wildman–Crippen MR) is 91.9 cm³/mol. The van der Waals surface area contributed by atoms with Crippen molar-refractivity contribution < 1.29 is 19.1 Å². The molecule has 0 aliphatic heterocycles. The van der Waals surface area contributed by atoms with Crippen molar-refractivity contribution in [3.8, 4) is 0 Å². The number of rotatable bonds is 7. The van der Waals surface area contributed by atoms with Crippen LogP contribution in [0.25, 0.3) is 10.9 Å². The number of hydrogen-bond acceptors (Lipinski definition) is 5. The lowest BCUT2D eigenvalue weighted by Crippen LogP contribution is -2.42. The van der Waals surface area contributed by atoms with Crippen LogP contribution < -0.4 is 0 Å². The third-order valence-corrected chi connectivity index (χ3v) is 3.90. The molecule has 2 amide bonds. The summed E-state index contributed by atoms with van der Waals surface area (Å²) in [6.45, 7) is 4.42. The highest BCUT2D eigenvalue weighted by Gasteiger charge is 2.20. The third-order valence-electron chi connectivity index (χ3n) is 3.90. The monoisotopic (exact) mass is 346 g/mol. The van der Waals surface area contributed by atoms with E-state index in [9.17, 15) is 14.4 Å². The summed E-state index contributed by atoms with van der Waals surface area (Å²) in [5.74, 6) is -1.28. The van der Waals surface area contributed by atoms with Gasteiger partial charge in [0.05, 0.1) is 12.1 Å². The highest BCUT2D eigenvalue weighted by Crippen LogP contribution is 2.15. The number of fused-ring (bicyclic) bond motifs is 1. The van der Waals surface area contributed by atoms with E-state index in [1.807, 2.05) is 19.9 Å². The van der Waals surface area contributed by atoms with Gasteiger partial charge in [0.25, 0.3) is 5.91 Å². The van der Waals surface area contributed by atoms with E-state index in [0.29, 0.717) is 24.0 Å². The van der Waals surface area contributed by atoms with E-state index in [1.165, 1.54) is 11.9 Å². The number of likely N-dealkylation sites (N-methyl/N-ethyl adjacent to an activating group) is 2. The van der Waals surface area contributed by atoms with E-state index in [4.69, 9.17) is 4.74 Å². The molecule has 1 aromatic carbocycles. The van der Waals surface area contributed by atoms with Crippen LogP contribution in [0.3, 0.4) is 0 Å². The molecule has 1 heterocycles. The zero-order chi connectivity index (χ0) is 18.4. The molecule has 0 saturated heterocycles. The van der Waals surface area contributed by atoms with Crippen LogP contribution in [-0.2, 0) is 14.3 Å². The first-order chi connectivity index (χ1) is 12.0. The smallest absolute Gasteiger partial charge is 0.359 e. The predicted octanol–water partition coefficient (Wildman–Crippen LogP) is 1.05. The maximum absolute atomic E-state index is 12.1. The average Bonchev–Trinajstić information content (AvgIpc) is 3.04. The second kappa shape index (κ2) is 8.27. The van der Waals surface area contributed by atoms with Gasteiger partial charge in [-0.1, -0.05) is 18.2 Å². The van der Waals surface area contributed by atoms with Crippen LogP contribution in [0.4, 0.5) is 0 Å². The number of nitrogens with one attached hydrogen (secondary N) is 1. The number of aromatic nitrogens is 2. The van der Waals surface area contributed by atoms with Gasteiger partial charge < -0.3 is 14.5 Å². The molecule has 2 rings (SSSR count). The van der Waals surface area contributed by atoms with Gasteiger partial charge in [-0.3, -0.25) is 14.7 Å². The number of nitrogens with zero attached hydrogens (tertiary/aromatic N) is 3. The zero-order valence-electron chi connectivity index (χ0n) is 14.6. The van der Waals surface area contributed by atoms with Gasteiger partial charge >= 0.3 is 5.97 Å². The SMILES string of the molecule is CCN(CC)C(=O)CN(C)C(=O)COC(=O)c1n[nH]c2ccccc12. The van der Waals surface area contributed by atoms with Crippen LogP contribution in [0, 0.1) is 0 Å². The molecule has 134 valence electrons. The van der Waals surface area contributed by atoms with Gasteiger partial charge in [-0.25, -0.2) is 4.79 Å². The van der Waals surface area contributed by atoms with Gasteiger partial charge in [0.15, 0.2) is 12.3 Å². The fourth-order valence-corrected chi connectivity index (χ4v) is 2.39. The van der Waals surface area contributed by atoms with Gasteiger partial charge in [-0.2, -0.15) is 5.10 Å². The molecular formula is C17H22N4O4. The van der Waals surface area contributed by atoms with Crippen LogP contribution in [0.5, 0.6) is 0 Å². The number of benzene rings is 1. The van der Waals surface area contributed by atoms with Gasteiger partial charge in [0.2, 0.25) is 5.91 Å². The Hall–Kier alpha value is -2.90. The number of carbonyl (C=O) groups excluding carboxylic acids is 3. The summed E-state index contributed by atoms with van der Waals surface area (Å²) in [5, 5.41) is 7.29. The van der Waals surface area contributed by atoms with Gasteiger partial charge in [-0.15, -0.1) is 0 Å². The maximum Gasteiger partial charge on any atom is 0.359 e. The quantitative estimate of drug-likeness (QED) is 0.756. The molecule has 25 heavy (non-hydrogen) atoms. The highest BCUT2D eigenvalue weighted by molar-refractivity contribution is 6.02. The Bertz CT molecular complexity index is 767. The van der Waals surface area contributed by atoms with Crippen LogP contribution in [0.1, 0.15) is 24.3 Å². The maximum atomic E-state index is 12.1. The van der Waals surface area contributed by atoms with Crippen LogP contribution in [-0.4, -0.2) is 71.1 Å². The molecule has 8 heteroatoms. The minimum absolute atomic E-state index is 0.0522. The zero-order valence-corrected chi connectivity index (χ0v) is 14.6. The summed E-state index contributed by atoms with van der Waals surface area (Å²) in [7, 11) is 1.50. The van der Waals surface area contributed by atoms with Crippen LogP contribution in [0.15, 0.2) is 24.3 Å². The average molecular weight is 346 g/mol. The van der Waals surface area contributed by atoms with Crippen molar-refractivity contribution in [3.63, 3.8) is 0 Å². The van der Waals surface area contributed by atoms with E-state index in [1.54, 1.807) is 23.1 Å². The molecular weight excluding hydrogens is 324 g/mol. The summed E-state index contributed by atoms with van der Waals surface area (Å²) < 4.78 is 5.03. The van der Waals surface area contributed by atoms with Crippen LogP contribution in [0.2, 0.25) is 0 Å². The summed E-state index contributed by atoms with van der Waals surface area (Å²) >= 11 is 0. The second-order valence-corrected chi connectivity index (χ2v) is 5.51. The third kappa shape index (κ3) is 4.34. The van der Waals surface area contributed by atoms with Crippen molar-refractivity contribution in [2.75, 3.05) is 33.3 Å². The number of H-pyrrole nitrogens is 1. The first kappa shape index (κ1) is 18.4. The molecule has 1 N–H and O–H groups in total. The number of ether oxygens (including phenoxy) is 1. The van der Waals surface area contributed by atoms with E-state index in [2.05, 4.69) is 10.2 Å². The molecule has 0 aliphatic carbocycles. The number of para-hydroxylation sites is 1. The standard InChI is InChI=1S/C17H22N4O4/c1-4-21(5-2)14(22)10-20(3)15(23)11-25-17(24)16-12-8-6-7-9-13(12)18-19-16/h6-9H,4-5,10-11H2,1-3H3,(H,18,19). The lowest BCUT2D eigenvalue weighted by molar-refractivity contribution is -0.140. The normalized spacial score (nSPS) is 10.5. The Morgan fingerprint density at radius 1 is 1.12 bits per heavy atom. The Kier molecular flexibility index (Phi) is 6.10. The summed E-state index contributed by atoms with van der Waals surface area (Å²) in [4.78, 5) is 39.1. The molecule has 0 bridgehead atoms. The van der Waals surface area contributed by atoms with Gasteiger partial charge in [0, 0.05) is 25.5 Å². The summed E-state index contributed by atoms with van der Waals surface area (Å²) in [6, 6.07) is 7.14. The van der Waals surface area contributed by atoms with E-state index < -0.39 is 18.5 Å². The Morgan fingerprint density at radius 2 is 1.80 bits per heavy atom. The lowest BCUT2D eigenvalue weighted by Gasteiger charge is -2.23. The van der Waals surface area contributed by atoms with Gasteiger partial charge in [-0.05, 0) is 19.9 Å². The number of carbonyl (C=O) groups is 3. The molecule has 0 atom stereocenters. The van der Waals surface area contributed by atoms with Crippen molar-refractivity contribution in [1.82, 2.24) is 20.0 Å². The molecule has 0 spiro atoms. The topological polar surface area (TPSA) is 95.6 Å². The van der Waals surface area contributed by atoms with E-state index in [0.717, 1.165) is 0 Å². The van der Waals surface area contributed by atoms with Crippen molar-refractivity contribution >= 4 is 28.7 Å². The lowest BCUT2D eigenvalue weighted by atomic mass is 10.2. The van der Waals surface area contributed by atoms with Crippen molar-refractivity contribution in [2.24, 2.45) is 0 Å². The van der Waals surface area contributed by atoms with E-state index in [-0.39, 0.29) is 18.1 Å². The van der Waals surface area contributed by atoms with E-state index >= 15 is 0 Å². The number of hydrogen-bond donors (Lipinski definition) is 1. The number of esters is 1. The summed E-state index contributed by atoms with van der Waals surface area (Å²) in [5.41, 5.74) is 0.841. The second-order valence-electron chi connectivity index (χ2n) is 5.51. The van der Waals surface area contributed by atoms with Crippen molar-refractivity contribution in [2.45, 2.75) is 13.8 Å². The Labute approximate surface area is 145 Å². The molecule has 1 aromatic heterocycles. The minimum atomic E-state index is -0.686. The molecule has 2 aromatic rings. The number of aromatic amines is 1. The molecule has 0 radical (unpaired) electrons. The Balaban J connectivity index is 1.90. The fourth-order valence-electron chi connectivity index (χ4n) is 2.39. The molecule has 0 fully saturated rings. The first-order valence-corrected chi connectivity index (χ1v) is 8.09. The Morgan fingerprint density at radius 3 is 2.48 bits per heavy atom. The van der Waals surface area contributed by atoms with Crippen molar-refractivity contribution in [3.05, 3.63) is 30.0 Å². The molecule has 0 saturated carbocycles. The number of amides is 2. The van der Waals surface area contributed by atoms with Gasteiger partial charge in [0.1, 0.15) is 0 Å². The molecule has 8 nitrogen and oxygen atoms in total. The van der Waals surface area contributed by atoms with Crippen LogP contribution >= 0.6 is 0 Å². The fraction of sp³-hybridized carbons (Fsp3) is 0.412. The molecule has 0 aliphatic rings. The largest absolute Gasteiger partial charge is 0.451 e. The minimum Gasteiger partial charge on any atom is -0.451 e. The first-order valence-electron chi connectivity index (χ1n) is 8.09.